The topological polar surface area (TPSA) is 175 Å². The minimum Gasteiger partial charge on any atom is -0.354 e. The molecule has 0 saturated carbocycles. The van der Waals surface area contributed by atoms with E-state index in [2.05, 4.69) is 38.5 Å². The van der Waals surface area contributed by atoms with Crippen molar-refractivity contribution in [3.63, 3.8) is 0 Å². The molecule has 0 aliphatic carbocycles. The molecule has 6 amide bonds. The highest BCUT2D eigenvalue weighted by molar-refractivity contribution is 5.97. The molecule has 4 atom stereocenters. The van der Waals surface area contributed by atoms with Gasteiger partial charge in [-0.15, -0.1) is 0 Å². The van der Waals surface area contributed by atoms with Gasteiger partial charge in [-0.1, -0.05) is 57.7 Å². The third kappa shape index (κ3) is 9.73. The molecule has 1 aromatic rings. The average Bonchev–Trinajstić information content (AvgIpc) is 2.95. The number of carbonyl (C=O) groups is 6. The van der Waals surface area contributed by atoms with Gasteiger partial charge in [-0.25, -0.2) is 0 Å². The number of amides is 6. The summed E-state index contributed by atoms with van der Waals surface area (Å²) < 4.78 is 0. The first kappa shape index (κ1) is 33.0. The van der Waals surface area contributed by atoms with Crippen molar-refractivity contribution in [3.05, 3.63) is 48.6 Å². The van der Waals surface area contributed by atoms with E-state index in [4.69, 9.17) is 0 Å². The Morgan fingerprint density at radius 3 is 2.29 bits per heavy atom. The minimum atomic E-state index is -1.47. The van der Waals surface area contributed by atoms with Crippen molar-refractivity contribution in [2.24, 2.45) is 5.92 Å². The maximum absolute atomic E-state index is 13.6. The molecule has 2 rings (SSSR count). The van der Waals surface area contributed by atoms with E-state index < -0.39 is 53.2 Å². The van der Waals surface area contributed by atoms with E-state index >= 15 is 0 Å². The summed E-state index contributed by atoms with van der Waals surface area (Å²) in [6.07, 6.45) is 1.84. The number of nitrogens with one attached hydrogen (secondary N) is 6. The van der Waals surface area contributed by atoms with E-state index in [-0.39, 0.29) is 44.2 Å². The van der Waals surface area contributed by atoms with Crippen molar-refractivity contribution in [3.8, 4) is 0 Å². The molecule has 0 aromatic heterocycles. The van der Waals surface area contributed by atoms with Gasteiger partial charge in [0.05, 0.1) is 0 Å². The lowest BCUT2D eigenvalue weighted by atomic mass is 9.94. The summed E-state index contributed by atoms with van der Waals surface area (Å²) in [6, 6.07) is 5.56. The van der Waals surface area contributed by atoms with Gasteiger partial charge in [-0.05, 0) is 44.2 Å². The Labute approximate surface area is 240 Å². The van der Waals surface area contributed by atoms with Gasteiger partial charge < -0.3 is 31.9 Å². The van der Waals surface area contributed by atoms with Crippen LogP contribution < -0.4 is 31.9 Å². The summed E-state index contributed by atoms with van der Waals surface area (Å²) >= 11 is 0. The third-order valence-electron chi connectivity index (χ3n) is 6.85. The predicted molar refractivity (Wildman–Crippen MR) is 153 cm³/mol. The van der Waals surface area contributed by atoms with E-state index in [9.17, 15) is 28.8 Å². The van der Waals surface area contributed by atoms with Crippen LogP contribution in [0.5, 0.6) is 0 Å². The van der Waals surface area contributed by atoms with Crippen LogP contribution in [0.2, 0.25) is 0 Å². The van der Waals surface area contributed by atoms with E-state index in [1.54, 1.807) is 51.1 Å². The molecule has 0 spiro atoms. The number of benzene rings is 1. The van der Waals surface area contributed by atoms with Crippen molar-refractivity contribution in [2.45, 2.75) is 77.0 Å². The second-order valence-electron chi connectivity index (χ2n) is 10.5. The number of carbonyl (C=O) groups excluding carboxylic acids is 6. The maximum Gasteiger partial charge on any atom is 0.247 e. The Morgan fingerprint density at radius 2 is 1.68 bits per heavy atom. The highest BCUT2D eigenvalue weighted by Crippen LogP contribution is 2.17. The van der Waals surface area contributed by atoms with Crippen molar-refractivity contribution < 1.29 is 28.8 Å². The molecule has 0 unspecified atom stereocenters. The van der Waals surface area contributed by atoms with E-state index in [0.717, 1.165) is 6.08 Å². The fourth-order valence-electron chi connectivity index (χ4n) is 4.18. The Balaban J connectivity index is 2.43. The molecule has 1 heterocycles. The molecule has 224 valence electrons. The van der Waals surface area contributed by atoms with Crippen LogP contribution in [-0.4, -0.2) is 66.2 Å². The second-order valence-corrected chi connectivity index (χ2v) is 10.5. The Hall–Kier alpha value is -4.22. The minimum absolute atomic E-state index is 0.00197. The van der Waals surface area contributed by atoms with Crippen LogP contribution in [0.3, 0.4) is 0 Å². The molecule has 1 saturated heterocycles. The molecule has 0 bridgehead atoms. The first-order chi connectivity index (χ1) is 19.4. The van der Waals surface area contributed by atoms with E-state index in [1.807, 2.05) is 0 Å². The van der Waals surface area contributed by atoms with Crippen LogP contribution in [0.25, 0.3) is 0 Å². The first-order valence-corrected chi connectivity index (χ1v) is 13.9. The van der Waals surface area contributed by atoms with Gasteiger partial charge >= 0.3 is 0 Å². The SMILES string of the molecule is C=CC(=O)NCCC[C@@H]1NC(=O)[C@](C)(NC(=O)C(C)C)CCNC(=O)[C@@H](c2ccccc2)NC(=O)[C@H](CC)NC1=O. The molecule has 12 heteroatoms. The molecule has 1 fully saturated rings. The van der Waals surface area contributed by atoms with Crippen molar-refractivity contribution in [2.75, 3.05) is 13.1 Å². The van der Waals surface area contributed by atoms with Gasteiger partial charge in [0.2, 0.25) is 35.4 Å². The average molecular weight is 571 g/mol. The first-order valence-electron chi connectivity index (χ1n) is 13.9. The predicted octanol–water partition coefficient (Wildman–Crippen LogP) is 0.357. The highest BCUT2D eigenvalue weighted by Gasteiger charge is 2.38. The second kappa shape index (κ2) is 15.5. The number of hydrogen-bond acceptors (Lipinski definition) is 6. The van der Waals surface area contributed by atoms with Crippen LogP contribution in [0.1, 0.15) is 65.0 Å². The highest BCUT2D eigenvalue weighted by atomic mass is 16.2. The summed E-state index contributed by atoms with van der Waals surface area (Å²) in [7, 11) is 0. The normalized spacial score (nSPS) is 24.2. The zero-order valence-corrected chi connectivity index (χ0v) is 24.2. The van der Waals surface area contributed by atoms with Crippen molar-refractivity contribution in [1.82, 2.24) is 31.9 Å². The zero-order valence-electron chi connectivity index (χ0n) is 24.2. The molecule has 1 aliphatic rings. The molecular weight excluding hydrogens is 528 g/mol. The van der Waals surface area contributed by atoms with Gasteiger partial charge in [0, 0.05) is 19.0 Å². The Morgan fingerprint density at radius 1 is 1.02 bits per heavy atom. The molecular formula is C29H42N6O6. The summed E-state index contributed by atoms with van der Waals surface area (Å²) in [5, 5.41) is 16.3. The number of rotatable bonds is 9. The van der Waals surface area contributed by atoms with Crippen molar-refractivity contribution >= 4 is 35.4 Å². The quantitative estimate of drug-likeness (QED) is 0.185. The smallest absolute Gasteiger partial charge is 0.247 e. The van der Waals surface area contributed by atoms with Gasteiger partial charge in [0.25, 0.3) is 0 Å². The van der Waals surface area contributed by atoms with Crippen LogP contribution in [0.15, 0.2) is 43.0 Å². The summed E-state index contributed by atoms with van der Waals surface area (Å²) in [4.78, 5) is 77.6. The summed E-state index contributed by atoms with van der Waals surface area (Å²) in [5.74, 6) is -3.44. The molecule has 41 heavy (non-hydrogen) atoms. The van der Waals surface area contributed by atoms with Gasteiger partial charge in [0.1, 0.15) is 23.7 Å². The summed E-state index contributed by atoms with van der Waals surface area (Å²) in [5.41, 5.74) is -0.927. The van der Waals surface area contributed by atoms with Crippen LogP contribution in [0.4, 0.5) is 0 Å². The zero-order chi connectivity index (χ0) is 30.6. The summed E-state index contributed by atoms with van der Waals surface area (Å²) in [6.45, 7) is 10.2. The largest absolute Gasteiger partial charge is 0.354 e. The third-order valence-corrected chi connectivity index (χ3v) is 6.85. The fourth-order valence-corrected chi connectivity index (χ4v) is 4.18. The molecule has 12 nitrogen and oxygen atoms in total. The standard InChI is InChI=1S/C29H42N6O6/c1-6-20-25(38)34-23(19-12-9-8-10-13-19)27(40)31-17-15-29(5,35-24(37)18(3)4)28(41)33-21(26(39)32-20)14-11-16-30-22(36)7-2/h7-10,12-13,18,20-21,23H,2,6,11,14-17H2,1,3-5H3,(H,30,36)(H,31,40)(H,32,39)(H,33,41)(H,34,38)(H,35,37)/t20-,21-,23+,29+/m0/s1. The van der Waals surface area contributed by atoms with Crippen LogP contribution in [0, 0.1) is 5.92 Å². The fraction of sp³-hybridized carbons (Fsp3) is 0.517. The molecule has 1 aromatic carbocycles. The van der Waals surface area contributed by atoms with E-state index in [1.165, 1.54) is 6.92 Å². The lowest BCUT2D eigenvalue weighted by molar-refractivity contribution is -0.138. The Bertz CT molecular complexity index is 1120. The van der Waals surface area contributed by atoms with Gasteiger partial charge in [-0.2, -0.15) is 0 Å². The van der Waals surface area contributed by atoms with Crippen LogP contribution >= 0.6 is 0 Å². The molecule has 6 N–H and O–H groups in total. The molecule has 0 radical (unpaired) electrons. The maximum atomic E-state index is 13.6. The van der Waals surface area contributed by atoms with Gasteiger partial charge in [-0.3, -0.25) is 28.8 Å². The lowest BCUT2D eigenvalue weighted by Crippen LogP contribution is -2.63. The van der Waals surface area contributed by atoms with Crippen molar-refractivity contribution in [1.29, 1.82) is 0 Å². The Kier molecular flexibility index (Phi) is 12.5. The molecule has 1 aliphatic heterocycles. The van der Waals surface area contributed by atoms with Gasteiger partial charge in [0.15, 0.2) is 0 Å². The van der Waals surface area contributed by atoms with E-state index in [0.29, 0.717) is 12.0 Å². The number of hydrogen-bond donors (Lipinski definition) is 6. The van der Waals surface area contributed by atoms with Crippen LogP contribution in [-0.2, 0) is 28.8 Å². The lowest BCUT2D eigenvalue weighted by Gasteiger charge is -2.33. The monoisotopic (exact) mass is 570 g/mol.